The Hall–Kier alpha value is -0.000000000000000111. The van der Waals surface area contributed by atoms with Crippen LogP contribution in [0, 0.1) is 3.57 Å². The van der Waals surface area contributed by atoms with Gasteiger partial charge in [0.1, 0.15) is 0 Å². The number of pyridine rings is 1. The average molecular weight is 329 g/mol. The van der Waals surface area contributed by atoms with E-state index >= 15 is 0 Å². The fourth-order valence-corrected chi connectivity index (χ4v) is 1.83. The van der Waals surface area contributed by atoms with Crippen LogP contribution in [0.3, 0.4) is 0 Å². The molecule has 0 bridgehead atoms. The lowest BCUT2D eigenvalue weighted by atomic mass is 10.5. The van der Waals surface area contributed by atoms with Crippen molar-refractivity contribution in [2.75, 3.05) is 0 Å². The van der Waals surface area contributed by atoms with Crippen LogP contribution >= 0.6 is 46.6 Å². The van der Waals surface area contributed by atoms with Crippen LogP contribution in [-0.4, -0.2) is 9.38 Å². The van der Waals surface area contributed by atoms with E-state index in [1.165, 1.54) is 0 Å². The molecule has 0 aliphatic heterocycles. The zero-order chi connectivity index (χ0) is 8.55. The minimum absolute atomic E-state index is 0. The maximum atomic E-state index is 5.67. The molecule has 0 saturated heterocycles. The zero-order valence-corrected chi connectivity index (χ0v) is 10.3. The lowest BCUT2D eigenvalue weighted by Crippen LogP contribution is -1.83. The zero-order valence-electron chi connectivity index (χ0n) is 6.58. The maximum absolute atomic E-state index is 5.67. The molecule has 2 heterocycles. The van der Waals surface area contributed by atoms with Gasteiger partial charge >= 0.3 is 0 Å². The summed E-state index contributed by atoms with van der Waals surface area (Å²) < 4.78 is 3.13. The van der Waals surface area contributed by atoms with E-state index in [1.807, 2.05) is 28.9 Å². The normalized spacial score (nSPS) is 10.0. The summed E-state index contributed by atoms with van der Waals surface area (Å²) in [5.41, 5.74) is 1.90. The molecule has 5 heteroatoms. The lowest BCUT2D eigenvalue weighted by molar-refractivity contribution is 1.17. The Kier molecular flexibility index (Phi) is 3.82. The number of halogens is 3. The van der Waals surface area contributed by atoms with Crippen LogP contribution < -0.4 is 0 Å². The third-order valence-corrected chi connectivity index (χ3v) is 2.74. The molecular weight excluding hydrogens is 322 g/mol. The predicted molar refractivity (Wildman–Crippen MR) is 64.7 cm³/mol. The molecule has 0 atom stereocenters. The molecular formula is C8H7Cl2IN2. The first-order chi connectivity index (χ1) is 5.81. The molecule has 0 spiro atoms. The number of fused-ring (bicyclic) bond motifs is 1. The molecule has 0 aromatic carbocycles. The molecule has 0 radical (unpaired) electrons. The van der Waals surface area contributed by atoms with Crippen LogP contribution in [0.15, 0.2) is 24.5 Å². The Labute approximate surface area is 101 Å². The van der Waals surface area contributed by atoms with E-state index in [0.717, 1.165) is 14.9 Å². The maximum Gasteiger partial charge on any atom is 0.150 e. The van der Waals surface area contributed by atoms with Crippen molar-refractivity contribution in [3.63, 3.8) is 0 Å². The van der Waals surface area contributed by atoms with Gasteiger partial charge in [0.25, 0.3) is 0 Å². The Balaban J connectivity index is 0.000000845. The van der Waals surface area contributed by atoms with Gasteiger partial charge in [-0.15, -0.1) is 24.0 Å². The second-order valence-corrected chi connectivity index (χ2v) is 3.88. The second kappa shape index (κ2) is 4.48. The molecule has 0 amide bonds. The van der Waals surface area contributed by atoms with Gasteiger partial charge < -0.3 is 4.40 Å². The van der Waals surface area contributed by atoms with Gasteiger partial charge in [-0.1, -0.05) is 0 Å². The molecule has 0 saturated carbocycles. The smallest absolute Gasteiger partial charge is 0.150 e. The largest absolute Gasteiger partial charge is 0.306 e. The first-order valence-corrected chi connectivity index (χ1v) is 5.10. The van der Waals surface area contributed by atoms with Gasteiger partial charge in [0, 0.05) is 12.4 Å². The number of hydrogen-bond donors (Lipinski definition) is 0. The molecule has 2 aromatic rings. The summed E-state index contributed by atoms with van der Waals surface area (Å²) in [6, 6.07) is 4.02. The Morgan fingerprint density at radius 2 is 2.31 bits per heavy atom. The number of hydrogen-bond acceptors (Lipinski definition) is 1. The molecule has 0 aliphatic rings. The van der Waals surface area contributed by atoms with Gasteiger partial charge in [-0.05, 0) is 34.7 Å². The standard InChI is InChI=1S/C8H6ClIN2.ClH/c9-4-6-5-12-3-1-2-7(10)8(12)11-6;/h1-3,5H,4H2;1H. The molecule has 70 valence electrons. The van der Waals surface area contributed by atoms with Gasteiger partial charge in [-0.3, -0.25) is 0 Å². The molecule has 0 unspecified atom stereocenters. The van der Waals surface area contributed by atoms with Crippen LogP contribution in [-0.2, 0) is 5.88 Å². The van der Waals surface area contributed by atoms with E-state index in [1.54, 1.807) is 0 Å². The van der Waals surface area contributed by atoms with Crippen LogP contribution in [0.2, 0.25) is 0 Å². The van der Waals surface area contributed by atoms with E-state index in [4.69, 9.17) is 11.6 Å². The van der Waals surface area contributed by atoms with E-state index in [-0.39, 0.29) is 12.4 Å². The minimum atomic E-state index is 0. The van der Waals surface area contributed by atoms with E-state index in [9.17, 15) is 0 Å². The fourth-order valence-electron chi connectivity index (χ4n) is 1.09. The van der Waals surface area contributed by atoms with Crippen molar-refractivity contribution in [1.29, 1.82) is 0 Å². The molecule has 0 aliphatic carbocycles. The van der Waals surface area contributed by atoms with Crippen LogP contribution in [0.5, 0.6) is 0 Å². The van der Waals surface area contributed by atoms with E-state index in [2.05, 4.69) is 27.6 Å². The summed E-state index contributed by atoms with van der Waals surface area (Å²) in [5, 5.41) is 0. The van der Waals surface area contributed by atoms with Crippen LogP contribution in [0.1, 0.15) is 5.69 Å². The highest BCUT2D eigenvalue weighted by Gasteiger charge is 2.01. The summed E-state index contributed by atoms with van der Waals surface area (Å²) in [5.74, 6) is 0.470. The quantitative estimate of drug-likeness (QED) is 0.581. The highest BCUT2D eigenvalue weighted by atomic mass is 127. The number of imidazole rings is 1. The third kappa shape index (κ3) is 2.08. The lowest BCUT2D eigenvalue weighted by Gasteiger charge is -1.92. The SMILES string of the molecule is Cl.ClCc1cn2cccc(I)c2n1. The van der Waals surface area contributed by atoms with Crippen LogP contribution in [0.25, 0.3) is 5.65 Å². The molecule has 2 rings (SSSR count). The molecule has 0 N–H and O–H groups in total. The van der Waals surface area contributed by atoms with E-state index in [0.29, 0.717) is 5.88 Å². The van der Waals surface area contributed by atoms with Crippen molar-refractivity contribution >= 4 is 52.2 Å². The van der Waals surface area contributed by atoms with Crippen molar-refractivity contribution < 1.29 is 0 Å². The molecule has 13 heavy (non-hydrogen) atoms. The topological polar surface area (TPSA) is 17.3 Å². The first-order valence-electron chi connectivity index (χ1n) is 3.49. The minimum Gasteiger partial charge on any atom is -0.306 e. The summed E-state index contributed by atoms with van der Waals surface area (Å²) in [7, 11) is 0. The second-order valence-electron chi connectivity index (χ2n) is 2.45. The molecule has 0 fully saturated rings. The highest BCUT2D eigenvalue weighted by Crippen LogP contribution is 2.13. The van der Waals surface area contributed by atoms with Crippen molar-refractivity contribution in [2.24, 2.45) is 0 Å². The number of alkyl halides is 1. The van der Waals surface area contributed by atoms with Crippen molar-refractivity contribution in [3.8, 4) is 0 Å². The Bertz CT molecular complexity index is 413. The number of nitrogens with zero attached hydrogens (tertiary/aromatic N) is 2. The predicted octanol–water partition coefficient (Wildman–Crippen LogP) is 3.10. The van der Waals surface area contributed by atoms with Gasteiger partial charge in [-0.2, -0.15) is 0 Å². The first kappa shape index (κ1) is 11.1. The summed E-state index contributed by atoms with van der Waals surface area (Å²) >= 11 is 7.93. The van der Waals surface area contributed by atoms with Gasteiger partial charge in [-0.25, -0.2) is 4.98 Å². The Morgan fingerprint density at radius 1 is 1.54 bits per heavy atom. The van der Waals surface area contributed by atoms with Gasteiger partial charge in [0.2, 0.25) is 0 Å². The van der Waals surface area contributed by atoms with Crippen molar-refractivity contribution in [1.82, 2.24) is 9.38 Å². The fraction of sp³-hybridized carbons (Fsp3) is 0.125. The van der Waals surface area contributed by atoms with Gasteiger partial charge in [0.15, 0.2) is 5.65 Å². The third-order valence-electron chi connectivity index (χ3n) is 1.62. The van der Waals surface area contributed by atoms with E-state index < -0.39 is 0 Å². The van der Waals surface area contributed by atoms with Gasteiger partial charge in [0.05, 0.1) is 15.1 Å². The number of aromatic nitrogens is 2. The average Bonchev–Trinajstić information content (AvgIpc) is 2.49. The Morgan fingerprint density at radius 3 is 2.92 bits per heavy atom. The summed E-state index contributed by atoms with van der Waals surface area (Å²) in [4.78, 5) is 4.35. The molecule has 2 aromatic heterocycles. The number of rotatable bonds is 1. The monoisotopic (exact) mass is 328 g/mol. The summed E-state index contributed by atoms with van der Waals surface area (Å²) in [6.07, 6.45) is 3.92. The molecule has 2 nitrogen and oxygen atoms in total. The van der Waals surface area contributed by atoms with Crippen molar-refractivity contribution in [3.05, 3.63) is 33.8 Å². The highest BCUT2D eigenvalue weighted by molar-refractivity contribution is 14.1. The summed E-state index contributed by atoms with van der Waals surface area (Å²) in [6.45, 7) is 0. The van der Waals surface area contributed by atoms with Crippen LogP contribution in [0.4, 0.5) is 0 Å². The van der Waals surface area contributed by atoms with Crippen molar-refractivity contribution in [2.45, 2.75) is 5.88 Å².